The van der Waals surface area contributed by atoms with E-state index in [9.17, 15) is 8.78 Å². The number of benzene rings is 2. The molecule has 2 aliphatic heterocycles. The first-order valence-corrected chi connectivity index (χ1v) is 11.8. The summed E-state index contributed by atoms with van der Waals surface area (Å²) in [5.41, 5.74) is 4.24. The lowest BCUT2D eigenvalue weighted by molar-refractivity contribution is -0.286. The van der Waals surface area contributed by atoms with Crippen molar-refractivity contribution in [2.75, 3.05) is 31.6 Å². The summed E-state index contributed by atoms with van der Waals surface area (Å²) >= 11 is 0. The van der Waals surface area contributed by atoms with Crippen molar-refractivity contribution in [1.29, 1.82) is 0 Å². The zero-order chi connectivity index (χ0) is 25.0. The van der Waals surface area contributed by atoms with Crippen molar-refractivity contribution >= 4 is 28.2 Å². The van der Waals surface area contributed by atoms with E-state index in [4.69, 9.17) is 14.5 Å². The molecule has 0 atom stereocenters. The number of imidazole rings is 1. The van der Waals surface area contributed by atoms with Gasteiger partial charge in [-0.1, -0.05) is 6.07 Å². The molecule has 1 saturated heterocycles. The second-order valence-corrected chi connectivity index (χ2v) is 8.87. The van der Waals surface area contributed by atoms with Crippen molar-refractivity contribution < 1.29 is 23.0 Å². The summed E-state index contributed by atoms with van der Waals surface area (Å²) in [5, 5.41) is 7.82. The van der Waals surface area contributed by atoms with Gasteiger partial charge >= 0.3 is 6.29 Å². The smallest absolute Gasteiger partial charge is 0.395 e. The van der Waals surface area contributed by atoms with Gasteiger partial charge in [-0.3, -0.25) is 4.90 Å². The molecule has 2 aromatic carbocycles. The molecule has 188 valence electrons. The number of para-hydroxylation sites is 1. The first kappa shape index (κ1) is 21.9. The lowest BCUT2D eigenvalue weighted by atomic mass is 10.1. The molecule has 2 aliphatic rings. The fourth-order valence-electron chi connectivity index (χ4n) is 4.65. The van der Waals surface area contributed by atoms with Gasteiger partial charge in [0.05, 0.1) is 48.2 Å². The van der Waals surface area contributed by atoms with E-state index in [2.05, 4.69) is 30.0 Å². The van der Waals surface area contributed by atoms with E-state index in [0.29, 0.717) is 22.7 Å². The summed E-state index contributed by atoms with van der Waals surface area (Å²) in [6.45, 7) is 3.99. The van der Waals surface area contributed by atoms with Gasteiger partial charge in [0.25, 0.3) is 0 Å². The maximum absolute atomic E-state index is 13.7. The maximum Gasteiger partial charge on any atom is 0.586 e. The summed E-state index contributed by atoms with van der Waals surface area (Å²) in [4.78, 5) is 14.8. The number of morpholine rings is 1. The van der Waals surface area contributed by atoms with Crippen molar-refractivity contribution in [3.63, 3.8) is 0 Å². The fourth-order valence-corrected chi connectivity index (χ4v) is 4.65. The van der Waals surface area contributed by atoms with Gasteiger partial charge in [-0.25, -0.2) is 14.5 Å². The number of ether oxygens (including phenoxy) is 3. The van der Waals surface area contributed by atoms with Crippen LogP contribution in [-0.4, -0.2) is 62.1 Å². The Labute approximate surface area is 208 Å². The number of alkyl halides is 2. The van der Waals surface area contributed by atoms with Gasteiger partial charge in [-0.05, 0) is 42.5 Å². The maximum atomic E-state index is 13.7. The first-order valence-electron chi connectivity index (χ1n) is 11.8. The Kier molecular flexibility index (Phi) is 4.98. The Hall–Kier alpha value is -4.29. The number of hydrogen-bond acceptors (Lipinski definition) is 8. The van der Waals surface area contributed by atoms with E-state index < -0.39 is 6.29 Å². The molecule has 12 heteroatoms. The number of aromatic nitrogens is 5. The van der Waals surface area contributed by atoms with Gasteiger partial charge < -0.3 is 24.5 Å². The second-order valence-electron chi connectivity index (χ2n) is 8.87. The standard InChI is InChI=1S/C25H21F2N7O3/c26-25(27)36-21-3-1-2-17(23(21)37-25)20-7-5-16-13-28-24(32-34(16)20)29-15-4-6-18-19(12-15)31-22(30-18)14-33-8-10-35-11-9-33/h1-7,12-13H,8-11,14H2,(H,29,32)(H,30,31). The van der Waals surface area contributed by atoms with Crippen LogP contribution in [0.1, 0.15) is 5.82 Å². The molecule has 5 aromatic rings. The molecule has 1 fully saturated rings. The van der Waals surface area contributed by atoms with Crippen LogP contribution < -0.4 is 14.8 Å². The van der Waals surface area contributed by atoms with Crippen LogP contribution in [0.15, 0.2) is 54.7 Å². The minimum atomic E-state index is -3.71. The fraction of sp³-hybridized carbons (Fsp3) is 0.240. The van der Waals surface area contributed by atoms with Crippen molar-refractivity contribution in [1.82, 2.24) is 29.5 Å². The van der Waals surface area contributed by atoms with E-state index in [1.807, 2.05) is 18.2 Å². The quantitative estimate of drug-likeness (QED) is 0.367. The zero-order valence-electron chi connectivity index (χ0n) is 19.4. The first-order chi connectivity index (χ1) is 18.0. The Bertz CT molecular complexity index is 1630. The molecule has 3 aromatic heterocycles. The summed E-state index contributed by atoms with van der Waals surface area (Å²) < 4.78 is 43.8. The number of H-pyrrole nitrogens is 1. The average Bonchev–Trinajstić information content (AvgIpc) is 3.57. The number of nitrogens with one attached hydrogen (secondary N) is 2. The number of hydrogen-bond donors (Lipinski definition) is 2. The van der Waals surface area contributed by atoms with Crippen LogP contribution in [-0.2, 0) is 11.3 Å². The van der Waals surface area contributed by atoms with Gasteiger partial charge in [-0.2, -0.15) is 0 Å². The summed E-state index contributed by atoms with van der Waals surface area (Å²) in [5.74, 6) is 1.19. The van der Waals surface area contributed by atoms with E-state index in [0.717, 1.165) is 55.4 Å². The molecule has 0 amide bonds. The van der Waals surface area contributed by atoms with Crippen LogP contribution in [0.4, 0.5) is 20.4 Å². The van der Waals surface area contributed by atoms with Crippen LogP contribution in [0, 0.1) is 0 Å². The molecule has 0 unspecified atom stereocenters. The number of halogens is 2. The molecule has 2 N–H and O–H groups in total. The van der Waals surface area contributed by atoms with E-state index >= 15 is 0 Å². The van der Waals surface area contributed by atoms with Crippen molar-refractivity contribution in [2.24, 2.45) is 0 Å². The predicted molar refractivity (Wildman–Crippen MR) is 130 cm³/mol. The van der Waals surface area contributed by atoms with E-state index in [1.165, 1.54) is 6.07 Å². The van der Waals surface area contributed by atoms with Gasteiger partial charge in [0.1, 0.15) is 5.82 Å². The predicted octanol–water partition coefficient (Wildman–Crippen LogP) is 4.17. The van der Waals surface area contributed by atoms with Crippen LogP contribution >= 0.6 is 0 Å². The number of rotatable bonds is 5. The zero-order valence-corrected chi connectivity index (χ0v) is 19.4. The minimum Gasteiger partial charge on any atom is -0.395 e. The monoisotopic (exact) mass is 505 g/mol. The van der Waals surface area contributed by atoms with Crippen molar-refractivity contribution in [2.45, 2.75) is 12.8 Å². The number of anilines is 2. The topological polar surface area (TPSA) is 102 Å². The molecular formula is C25H21F2N7O3. The van der Waals surface area contributed by atoms with Gasteiger partial charge in [0.15, 0.2) is 11.5 Å². The minimum absolute atomic E-state index is 0.0225. The largest absolute Gasteiger partial charge is 0.586 e. The normalized spacial score (nSPS) is 17.0. The summed E-state index contributed by atoms with van der Waals surface area (Å²) in [6.07, 6.45) is -2.05. The summed E-state index contributed by atoms with van der Waals surface area (Å²) in [7, 11) is 0. The third-order valence-electron chi connectivity index (χ3n) is 6.37. The number of fused-ring (bicyclic) bond motifs is 3. The van der Waals surface area contributed by atoms with Crippen LogP contribution in [0.2, 0.25) is 0 Å². The molecule has 0 bridgehead atoms. The lowest BCUT2D eigenvalue weighted by Gasteiger charge is -2.25. The third-order valence-corrected chi connectivity index (χ3v) is 6.37. The molecule has 10 nitrogen and oxygen atoms in total. The molecule has 0 saturated carbocycles. The molecule has 0 spiro atoms. The molecule has 7 rings (SSSR count). The Balaban J connectivity index is 1.17. The van der Waals surface area contributed by atoms with Crippen LogP contribution in [0.3, 0.4) is 0 Å². The lowest BCUT2D eigenvalue weighted by Crippen LogP contribution is -2.35. The molecule has 0 aliphatic carbocycles. The highest BCUT2D eigenvalue weighted by Crippen LogP contribution is 2.47. The molecule has 0 radical (unpaired) electrons. The highest BCUT2D eigenvalue weighted by molar-refractivity contribution is 5.80. The highest BCUT2D eigenvalue weighted by Gasteiger charge is 2.44. The van der Waals surface area contributed by atoms with Gasteiger partial charge in [-0.15, -0.1) is 13.9 Å². The average molecular weight is 505 g/mol. The van der Waals surface area contributed by atoms with E-state index in [-0.39, 0.29) is 11.5 Å². The Morgan fingerprint density at radius 3 is 2.84 bits per heavy atom. The van der Waals surface area contributed by atoms with Crippen LogP contribution in [0.25, 0.3) is 27.8 Å². The number of nitrogens with zero attached hydrogens (tertiary/aromatic N) is 5. The van der Waals surface area contributed by atoms with Gasteiger partial charge in [0.2, 0.25) is 5.95 Å². The Morgan fingerprint density at radius 1 is 1.05 bits per heavy atom. The molecule has 5 heterocycles. The van der Waals surface area contributed by atoms with Crippen LogP contribution in [0.5, 0.6) is 11.5 Å². The van der Waals surface area contributed by atoms with E-state index in [1.54, 1.807) is 35.0 Å². The SMILES string of the molecule is FC1(F)Oc2cccc(-c3ccc4cnc(Nc5ccc6nc(CN7CCOCC7)[nH]c6c5)nn34)c2O1. The molecular weight excluding hydrogens is 484 g/mol. The number of aromatic amines is 1. The molecule has 37 heavy (non-hydrogen) atoms. The van der Waals surface area contributed by atoms with Crippen molar-refractivity contribution in [3.05, 3.63) is 60.6 Å². The van der Waals surface area contributed by atoms with Crippen molar-refractivity contribution in [3.8, 4) is 22.8 Å². The highest BCUT2D eigenvalue weighted by atomic mass is 19.3. The summed E-state index contributed by atoms with van der Waals surface area (Å²) in [6, 6.07) is 14.1. The third kappa shape index (κ3) is 4.09. The second kappa shape index (κ2) is 8.39. The van der Waals surface area contributed by atoms with Gasteiger partial charge in [0, 0.05) is 24.3 Å². The Morgan fingerprint density at radius 2 is 1.95 bits per heavy atom.